The molecule has 38 heavy (non-hydrogen) atoms. The van der Waals surface area contributed by atoms with E-state index in [4.69, 9.17) is 14.0 Å². The molecule has 0 fully saturated rings. The summed E-state index contributed by atoms with van der Waals surface area (Å²) in [5.74, 6) is 0.454. The van der Waals surface area contributed by atoms with Crippen LogP contribution in [0.4, 0.5) is 0 Å². The van der Waals surface area contributed by atoms with Gasteiger partial charge in [-0.1, -0.05) is 71.9 Å². The predicted octanol–water partition coefficient (Wildman–Crippen LogP) is 3.40. The Morgan fingerprint density at radius 2 is 1.66 bits per heavy atom. The van der Waals surface area contributed by atoms with Crippen molar-refractivity contribution in [3.63, 3.8) is 0 Å². The number of hydrogen-bond acceptors (Lipinski definition) is 7. The number of hydrogen-bond donors (Lipinski definition) is 3. The number of fused-ring (bicyclic) bond motifs is 1. The van der Waals surface area contributed by atoms with Crippen molar-refractivity contribution in [2.75, 3.05) is 6.79 Å². The largest absolute Gasteiger partial charge is 0.454 e. The SMILES string of the molecule is Cc1noc(-c2ccccc2)c1C(=O)NC(Cc1ccccc1)C(O)C(=O)NCc1ccc2c(c1)OCO2. The van der Waals surface area contributed by atoms with Crippen molar-refractivity contribution in [2.45, 2.75) is 32.0 Å². The highest BCUT2D eigenvalue weighted by Gasteiger charge is 2.31. The summed E-state index contributed by atoms with van der Waals surface area (Å²) < 4.78 is 16.2. The van der Waals surface area contributed by atoms with Gasteiger partial charge in [0.2, 0.25) is 6.79 Å². The number of aliphatic hydroxyl groups is 1. The fraction of sp³-hybridized carbons (Fsp3) is 0.207. The Hall–Kier alpha value is -4.63. The molecule has 194 valence electrons. The van der Waals surface area contributed by atoms with Crippen molar-refractivity contribution < 1.29 is 28.7 Å². The number of rotatable bonds is 9. The smallest absolute Gasteiger partial charge is 0.257 e. The Morgan fingerprint density at radius 3 is 2.42 bits per heavy atom. The molecule has 1 aromatic heterocycles. The molecule has 2 unspecified atom stereocenters. The van der Waals surface area contributed by atoms with Crippen LogP contribution < -0.4 is 20.1 Å². The van der Waals surface area contributed by atoms with Crippen molar-refractivity contribution in [2.24, 2.45) is 0 Å². The number of nitrogens with zero attached hydrogens (tertiary/aromatic N) is 1. The van der Waals surface area contributed by atoms with Gasteiger partial charge in [0.25, 0.3) is 11.8 Å². The molecule has 1 aliphatic heterocycles. The Labute approximate surface area is 219 Å². The minimum atomic E-state index is -1.52. The lowest BCUT2D eigenvalue weighted by atomic mass is 9.99. The summed E-state index contributed by atoms with van der Waals surface area (Å²) in [5, 5.41) is 20.6. The van der Waals surface area contributed by atoms with Gasteiger partial charge < -0.3 is 29.7 Å². The van der Waals surface area contributed by atoms with Gasteiger partial charge >= 0.3 is 0 Å². The molecule has 0 aliphatic carbocycles. The molecule has 0 saturated heterocycles. The number of ether oxygens (including phenoxy) is 2. The van der Waals surface area contributed by atoms with Gasteiger partial charge in [-0.2, -0.15) is 0 Å². The van der Waals surface area contributed by atoms with Gasteiger partial charge in [0.05, 0.1) is 11.7 Å². The maximum absolute atomic E-state index is 13.5. The fourth-order valence-electron chi connectivity index (χ4n) is 4.30. The zero-order chi connectivity index (χ0) is 26.5. The van der Waals surface area contributed by atoms with Gasteiger partial charge in [-0.15, -0.1) is 0 Å². The molecule has 3 N–H and O–H groups in total. The van der Waals surface area contributed by atoms with Crippen LogP contribution in [0.5, 0.6) is 11.5 Å². The van der Waals surface area contributed by atoms with E-state index in [0.29, 0.717) is 28.5 Å². The molecule has 0 bridgehead atoms. The lowest BCUT2D eigenvalue weighted by Crippen LogP contribution is -2.51. The zero-order valence-corrected chi connectivity index (χ0v) is 20.7. The van der Waals surface area contributed by atoms with E-state index >= 15 is 0 Å². The average molecular weight is 514 g/mol. The molecule has 5 rings (SSSR count). The van der Waals surface area contributed by atoms with Gasteiger partial charge in [0, 0.05) is 12.1 Å². The first-order valence-electron chi connectivity index (χ1n) is 12.2. The number of benzene rings is 3. The minimum Gasteiger partial charge on any atom is -0.454 e. The van der Waals surface area contributed by atoms with Crippen molar-refractivity contribution in [1.29, 1.82) is 0 Å². The maximum atomic E-state index is 13.5. The zero-order valence-electron chi connectivity index (χ0n) is 20.7. The third-order valence-electron chi connectivity index (χ3n) is 6.29. The van der Waals surface area contributed by atoms with E-state index in [1.165, 1.54) is 0 Å². The fourth-order valence-corrected chi connectivity index (χ4v) is 4.30. The van der Waals surface area contributed by atoms with Crippen LogP contribution in [-0.2, 0) is 17.8 Å². The highest BCUT2D eigenvalue weighted by atomic mass is 16.7. The van der Waals surface area contributed by atoms with E-state index < -0.39 is 24.0 Å². The van der Waals surface area contributed by atoms with Gasteiger partial charge in [0.15, 0.2) is 23.4 Å². The summed E-state index contributed by atoms with van der Waals surface area (Å²) >= 11 is 0. The van der Waals surface area contributed by atoms with Crippen LogP contribution in [0.1, 0.15) is 27.2 Å². The predicted molar refractivity (Wildman–Crippen MR) is 138 cm³/mol. The first-order chi connectivity index (χ1) is 18.5. The summed E-state index contributed by atoms with van der Waals surface area (Å²) in [6, 6.07) is 22.9. The standard InChI is InChI=1S/C29H27N3O6/c1-18-25(27(38-32-18)21-10-6-3-7-11-21)28(34)31-22(14-19-8-4-2-5-9-19)26(33)29(35)30-16-20-12-13-23-24(15-20)37-17-36-23/h2-13,15,22,26,33H,14,16-17H2,1H3,(H,30,35)(H,31,34). The van der Waals surface area contributed by atoms with Gasteiger partial charge in [-0.3, -0.25) is 9.59 Å². The molecule has 2 heterocycles. The molecule has 9 nitrogen and oxygen atoms in total. The lowest BCUT2D eigenvalue weighted by Gasteiger charge is -2.24. The highest BCUT2D eigenvalue weighted by Crippen LogP contribution is 2.32. The Balaban J connectivity index is 1.33. The number of aromatic nitrogens is 1. The number of aryl methyl sites for hydroxylation is 1. The second-order valence-electron chi connectivity index (χ2n) is 8.96. The van der Waals surface area contributed by atoms with E-state index in [0.717, 1.165) is 11.1 Å². The number of amides is 2. The van der Waals surface area contributed by atoms with Crippen LogP contribution in [0.3, 0.4) is 0 Å². The summed E-state index contributed by atoms with van der Waals surface area (Å²) in [6.45, 7) is 2.00. The normalized spacial score (nSPS) is 13.5. The molecule has 2 atom stereocenters. The quantitative estimate of drug-likeness (QED) is 0.314. The van der Waals surface area contributed by atoms with Crippen LogP contribution >= 0.6 is 0 Å². The first-order valence-corrected chi connectivity index (χ1v) is 12.2. The van der Waals surface area contributed by atoms with Crippen LogP contribution in [0.25, 0.3) is 11.3 Å². The van der Waals surface area contributed by atoms with Crippen molar-refractivity contribution in [3.8, 4) is 22.8 Å². The Morgan fingerprint density at radius 1 is 0.947 bits per heavy atom. The molecule has 0 saturated carbocycles. The average Bonchev–Trinajstić information content (AvgIpc) is 3.58. The van der Waals surface area contributed by atoms with Crippen molar-refractivity contribution in [1.82, 2.24) is 15.8 Å². The number of nitrogens with one attached hydrogen (secondary N) is 2. The minimum absolute atomic E-state index is 0.155. The third-order valence-corrected chi connectivity index (χ3v) is 6.29. The molecular formula is C29H27N3O6. The monoisotopic (exact) mass is 513 g/mol. The maximum Gasteiger partial charge on any atom is 0.257 e. The molecule has 3 aromatic carbocycles. The molecular weight excluding hydrogens is 486 g/mol. The molecule has 2 amide bonds. The molecule has 1 aliphatic rings. The van der Waals surface area contributed by atoms with E-state index in [2.05, 4.69) is 15.8 Å². The topological polar surface area (TPSA) is 123 Å². The van der Waals surface area contributed by atoms with Crippen LogP contribution in [0.2, 0.25) is 0 Å². The van der Waals surface area contributed by atoms with E-state index in [-0.39, 0.29) is 25.3 Å². The van der Waals surface area contributed by atoms with E-state index in [1.54, 1.807) is 19.1 Å². The molecule has 0 spiro atoms. The highest BCUT2D eigenvalue weighted by molar-refractivity contribution is 6.01. The summed E-state index contributed by atoms with van der Waals surface area (Å²) in [7, 11) is 0. The lowest BCUT2D eigenvalue weighted by molar-refractivity contribution is -0.130. The van der Waals surface area contributed by atoms with Gasteiger partial charge in [-0.25, -0.2) is 0 Å². The second kappa shape index (κ2) is 11.2. The van der Waals surface area contributed by atoms with Gasteiger partial charge in [-0.05, 0) is 36.6 Å². The van der Waals surface area contributed by atoms with Crippen molar-refractivity contribution in [3.05, 3.63) is 101 Å². The molecule has 9 heteroatoms. The van der Waals surface area contributed by atoms with Crippen LogP contribution in [-0.4, -0.2) is 41.0 Å². The number of carbonyl (C=O) groups is 2. The van der Waals surface area contributed by atoms with Crippen LogP contribution in [0.15, 0.2) is 83.4 Å². The first kappa shape index (κ1) is 25.0. The Kier molecular flexibility index (Phi) is 7.37. The Bertz CT molecular complexity index is 1420. The van der Waals surface area contributed by atoms with E-state index in [1.807, 2.05) is 66.7 Å². The summed E-state index contributed by atoms with van der Waals surface area (Å²) in [6.07, 6.45) is -1.29. The third kappa shape index (κ3) is 5.52. The van der Waals surface area contributed by atoms with Gasteiger partial charge in [0.1, 0.15) is 5.56 Å². The summed E-state index contributed by atoms with van der Waals surface area (Å²) in [4.78, 5) is 26.5. The second-order valence-corrected chi connectivity index (χ2v) is 8.96. The van der Waals surface area contributed by atoms with Crippen LogP contribution in [0, 0.1) is 6.92 Å². The van der Waals surface area contributed by atoms with E-state index in [9.17, 15) is 14.7 Å². The molecule has 0 radical (unpaired) electrons. The molecule has 4 aromatic rings. The number of aliphatic hydroxyl groups excluding tert-OH is 1. The number of carbonyl (C=O) groups excluding carboxylic acids is 2. The van der Waals surface area contributed by atoms with Crippen molar-refractivity contribution >= 4 is 11.8 Å². The summed E-state index contributed by atoms with van der Waals surface area (Å²) in [5.41, 5.74) is 2.99.